The van der Waals surface area contributed by atoms with E-state index >= 15 is 0 Å². The van der Waals surface area contributed by atoms with Crippen molar-refractivity contribution >= 4 is 17.1 Å². The Morgan fingerprint density at radius 3 is 3.08 bits per heavy atom. The molecule has 1 N–H and O–H groups in total. The van der Waals surface area contributed by atoms with Crippen molar-refractivity contribution < 1.29 is 5.11 Å². The van der Waals surface area contributed by atoms with Gasteiger partial charge in [0.1, 0.15) is 0 Å². The normalized spacial score (nSPS) is 18.3. The van der Waals surface area contributed by atoms with Gasteiger partial charge in [0.05, 0.1) is 18.6 Å². The fourth-order valence-corrected chi connectivity index (χ4v) is 1.35. The maximum atomic E-state index is 9.43. The number of thiocarbonyl (C=S) groups is 1. The third-order valence-electron chi connectivity index (χ3n) is 1.68. The molecular formula is C9H9NOS. The number of nitrogens with zero attached hydrogens (tertiary/aromatic N) is 1. The monoisotopic (exact) mass is 179 g/mol. The number of allylic oxidation sites excluding steroid dienone is 3. The van der Waals surface area contributed by atoms with Crippen molar-refractivity contribution in [3.05, 3.63) is 23.8 Å². The molecule has 0 radical (unpaired) electrons. The highest BCUT2D eigenvalue weighted by Crippen LogP contribution is 2.15. The van der Waals surface area contributed by atoms with E-state index in [1.165, 1.54) is 0 Å². The lowest BCUT2D eigenvalue weighted by atomic mass is 9.98. The van der Waals surface area contributed by atoms with Gasteiger partial charge in [0.15, 0.2) is 0 Å². The molecule has 1 rings (SSSR count). The third kappa shape index (κ3) is 2.00. The van der Waals surface area contributed by atoms with Crippen LogP contribution in [0.2, 0.25) is 0 Å². The van der Waals surface area contributed by atoms with E-state index in [0.717, 1.165) is 4.86 Å². The summed E-state index contributed by atoms with van der Waals surface area (Å²) in [6.07, 6.45) is 5.65. The minimum absolute atomic E-state index is 0.111. The lowest BCUT2D eigenvalue weighted by molar-refractivity contribution is 0.222. The van der Waals surface area contributed by atoms with Crippen LogP contribution in [-0.2, 0) is 0 Å². The van der Waals surface area contributed by atoms with Crippen molar-refractivity contribution in [2.75, 3.05) is 0 Å². The molecule has 0 saturated heterocycles. The number of hydrogen-bond donors (Lipinski definition) is 1. The maximum Gasteiger partial charge on any atom is 0.0930 e. The number of aliphatic hydroxyl groups is 1. The fraction of sp³-hybridized carbons (Fsp3) is 0.333. The molecule has 0 aromatic rings. The van der Waals surface area contributed by atoms with E-state index in [9.17, 15) is 5.11 Å². The average Bonchev–Trinajstić information content (AvgIpc) is 2.05. The summed E-state index contributed by atoms with van der Waals surface area (Å²) in [5.74, 6) is 0. The minimum atomic E-state index is -0.715. The van der Waals surface area contributed by atoms with Gasteiger partial charge in [0, 0.05) is 11.3 Å². The van der Waals surface area contributed by atoms with Crippen LogP contribution in [0.1, 0.15) is 12.8 Å². The summed E-state index contributed by atoms with van der Waals surface area (Å²) >= 11 is 5.03. The quantitative estimate of drug-likeness (QED) is 0.653. The zero-order valence-corrected chi connectivity index (χ0v) is 7.34. The number of rotatable bonds is 2. The molecule has 0 fully saturated rings. The summed E-state index contributed by atoms with van der Waals surface area (Å²) in [5, 5.41) is 17.8. The van der Waals surface area contributed by atoms with Crippen molar-refractivity contribution in [3.8, 4) is 6.07 Å². The van der Waals surface area contributed by atoms with Gasteiger partial charge in [0.25, 0.3) is 0 Å². The highest BCUT2D eigenvalue weighted by atomic mass is 32.1. The highest BCUT2D eigenvalue weighted by Gasteiger charge is 2.15. The Morgan fingerprint density at radius 2 is 2.50 bits per heavy atom. The first-order chi connectivity index (χ1) is 5.75. The van der Waals surface area contributed by atoms with E-state index in [1.807, 2.05) is 18.2 Å². The molecule has 1 atom stereocenters. The molecule has 12 heavy (non-hydrogen) atoms. The van der Waals surface area contributed by atoms with Gasteiger partial charge in [-0.1, -0.05) is 30.4 Å². The molecule has 62 valence electrons. The Hall–Kier alpha value is -0.980. The van der Waals surface area contributed by atoms with Crippen molar-refractivity contribution in [3.63, 3.8) is 0 Å². The molecule has 0 heterocycles. The molecule has 0 aliphatic heterocycles. The molecule has 0 bridgehead atoms. The molecule has 1 aliphatic carbocycles. The number of hydrogen-bond acceptors (Lipinski definition) is 3. The molecule has 2 nitrogen and oxygen atoms in total. The van der Waals surface area contributed by atoms with Crippen molar-refractivity contribution in [2.45, 2.75) is 18.9 Å². The average molecular weight is 179 g/mol. The zero-order valence-electron chi connectivity index (χ0n) is 6.53. The molecule has 0 aromatic heterocycles. The Balaban J connectivity index is 2.73. The SMILES string of the molecule is N#CC[C@H](O)C1=CC=CCC1=S. The van der Waals surface area contributed by atoms with Crippen LogP contribution < -0.4 is 0 Å². The predicted molar refractivity (Wildman–Crippen MR) is 50.7 cm³/mol. The summed E-state index contributed by atoms with van der Waals surface area (Å²) in [5.41, 5.74) is 0.717. The Bertz CT molecular complexity index is 285. The summed E-state index contributed by atoms with van der Waals surface area (Å²) in [6.45, 7) is 0. The van der Waals surface area contributed by atoms with Crippen LogP contribution in [0.15, 0.2) is 23.8 Å². The summed E-state index contributed by atoms with van der Waals surface area (Å²) in [4.78, 5) is 0.736. The van der Waals surface area contributed by atoms with Crippen molar-refractivity contribution in [1.29, 1.82) is 5.26 Å². The van der Waals surface area contributed by atoms with Crippen molar-refractivity contribution in [2.24, 2.45) is 0 Å². The summed E-state index contributed by atoms with van der Waals surface area (Å²) in [7, 11) is 0. The largest absolute Gasteiger partial charge is 0.387 e. The maximum absolute atomic E-state index is 9.43. The van der Waals surface area contributed by atoms with Gasteiger partial charge < -0.3 is 5.11 Å². The third-order valence-corrected chi connectivity index (χ3v) is 2.08. The van der Waals surface area contributed by atoms with Gasteiger partial charge in [0.2, 0.25) is 0 Å². The van der Waals surface area contributed by atoms with Crippen LogP contribution >= 0.6 is 12.2 Å². The van der Waals surface area contributed by atoms with E-state index in [1.54, 1.807) is 6.08 Å². The second-order valence-electron chi connectivity index (χ2n) is 2.56. The van der Waals surface area contributed by atoms with E-state index in [-0.39, 0.29) is 6.42 Å². The van der Waals surface area contributed by atoms with Crippen molar-refractivity contribution in [1.82, 2.24) is 0 Å². The van der Waals surface area contributed by atoms with Gasteiger partial charge in [-0.15, -0.1) is 0 Å². The van der Waals surface area contributed by atoms with Gasteiger partial charge in [-0.25, -0.2) is 0 Å². The van der Waals surface area contributed by atoms with Crippen LogP contribution in [0.4, 0.5) is 0 Å². The molecule has 0 amide bonds. The molecule has 0 aromatic carbocycles. The fourth-order valence-electron chi connectivity index (χ4n) is 1.05. The highest BCUT2D eigenvalue weighted by molar-refractivity contribution is 7.80. The van der Waals surface area contributed by atoms with Gasteiger partial charge in [-0.05, 0) is 5.57 Å². The van der Waals surface area contributed by atoms with Crippen LogP contribution in [0.3, 0.4) is 0 Å². The Morgan fingerprint density at radius 1 is 1.75 bits per heavy atom. The summed E-state index contributed by atoms with van der Waals surface area (Å²) < 4.78 is 0. The van der Waals surface area contributed by atoms with Gasteiger partial charge >= 0.3 is 0 Å². The predicted octanol–water partition coefficient (Wildman–Crippen LogP) is 1.52. The van der Waals surface area contributed by atoms with E-state index in [0.29, 0.717) is 12.0 Å². The first-order valence-corrected chi connectivity index (χ1v) is 4.11. The molecule has 1 aliphatic rings. The van der Waals surface area contributed by atoms with E-state index in [4.69, 9.17) is 17.5 Å². The van der Waals surface area contributed by atoms with Crippen LogP contribution in [-0.4, -0.2) is 16.1 Å². The van der Waals surface area contributed by atoms with E-state index < -0.39 is 6.10 Å². The van der Waals surface area contributed by atoms with Crippen LogP contribution in [0.5, 0.6) is 0 Å². The van der Waals surface area contributed by atoms with Crippen LogP contribution in [0, 0.1) is 11.3 Å². The second-order valence-corrected chi connectivity index (χ2v) is 3.05. The molecular weight excluding hydrogens is 170 g/mol. The Kier molecular flexibility index (Phi) is 3.15. The number of aliphatic hydroxyl groups excluding tert-OH is 1. The minimum Gasteiger partial charge on any atom is -0.387 e. The molecule has 3 heteroatoms. The van der Waals surface area contributed by atoms with Gasteiger partial charge in [-0.2, -0.15) is 5.26 Å². The molecule has 0 spiro atoms. The lowest BCUT2D eigenvalue weighted by Gasteiger charge is -2.14. The first-order valence-electron chi connectivity index (χ1n) is 3.70. The zero-order chi connectivity index (χ0) is 8.97. The topological polar surface area (TPSA) is 44.0 Å². The molecule has 0 saturated carbocycles. The molecule has 0 unspecified atom stereocenters. The van der Waals surface area contributed by atoms with Crippen LogP contribution in [0.25, 0.3) is 0 Å². The smallest absolute Gasteiger partial charge is 0.0930 e. The van der Waals surface area contributed by atoms with E-state index in [2.05, 4.69) is 0 Å². The standard InChI is InChI=1S/C9H9NOS/c10-6-5-8(11)7-3-1-2-4-9(7)12/h1-3,8,11H,4-5H2/t8-/m0/s1. The number of nitriles is 1. The van der Waals surface area contributed by atoms with Gasteiger partial charge in [-0.3, -0.25) is 0 Å². The Labute approximate surface area is 76.8 Å². The lowest BCUT2D eigenvalue weighted by Crippen LogP contribution is -2.17. The second kappa shape index (κ2) is 4.15. The summed E-state index contributed by atoms with van der Waals surface area (Å²) in [6, 6.07) is 1.91. The first kappa shape index (κ1) is 9.11.